The number of hydrogen-bond donors (Lipinski definition) is 1. The minimum absolute atomic E-state index is 0.556. The summed E-state index contributed by atoms with van der Waals surface area (Å²) >= 11 is 0. The van der Waals surface area contributed by atoms with Gasteiger partial charge in [-0.1, -0.05) is 6.92 Å². The molecule has 0 amide bonds. The summed E-state index contributed by atoms with van der Waals surface area (Å²) in [6.07, 6.45) is 7.59. The molecule has 4 atom stereocenters. The number of rotatable bonds is 2. The van der Waals surface area contributed by atoms with E-state index >= 15 is 0 Å². The van der Waals surface area contributed by atoms with Gasteiger partial charge in [0.1, 0.15) is 0 Å². The van der Waals surface area contributed by atoms with Crippen LogP contribution in [0.4, 0.5) is 0 Å². The Hall–Kier alpha value is -0.120. The summed E-state index contributed by atoms with van der Waals surface area (Å²) in [7, 11) is 0. The van der Waals surface area contributed by atoms with Crippen LogP contribution in [0.25, 0.3) is 0 Å². The molecule has 0 aromatic heterocycles. The highest BCUT2D eigenvalue weighted by molar-refractivity contribution is 4.96. The molecule has 16 heavy (non-hydrogen) atoms. The Kier molecular flexibility index (Phi) is 3.18. The molecule has 4 unspecified atom stereocenters. The molecule has 0 aromatic carbocycles. The maximum absolute atomic E-state index is 5.99. The molecule has 3 heterocycles. The van der Waals surface area contributed by atoms with Gasteiger partial charge in [0, 0.05) is 18.6 Å². The van der Waals surface area contributed by atoms with Crippen molar-refractivity contribution < 1.29 is 4.74 Å². The van der Waals surface area contributed by atoms with Crippen LogP contribution in [-0.2, 0) is 4.74 Å². The third-order valence-electron chi connectivity index (χ3n) is 4.55. The fourth-order valence-electron chi connectivity index (χ4n) is 3.60. The van der Waals surface area contributed by atoms with E-state index in [1.54, 1.807) is 0 Å². The first-order valence-electron chi connectivity index (χ1n) is 6.99. The molecule has 3 heteroatoms. The van der Waals surface area contributed by atoms with E-state index in [0.29, 0.717) is 18.2 Å². The van der Waals surface area contributed by atoms with E-state index in [2.05, 4.69) is 17.1 Å². The third kappa shape index (κ3) is 2.01. The van der Waals surface area contributed by atoms with Gasteiger partial charge < -0.3 is 10.1 Å². The first-order valence-corrected chi connectivity index (χ1v) is 6.99. The maximum Gasteiger partial charge on any atom is 0.0735 e. The van der Waals surface area contributed by atoms with Crippen LogP contribution in [0, 0.1) is 0 Å². The lowest BCUT2D eigenvalue weighted by atomic mass is 9.93. The van der Waals surface area contributed by atoms with Gasteiger partial charge in [0.15, 0.2) is 0 Å². The Bertz CT molecular complexity index is 246. The topological polar surface area (TPSA) is 24.5 Å². The largest absolute Gasteiger partial charge is 0.373 e. The quantitative estimate of drug-likeness (QED) is 0.767. The fraction of sp³-hybridized carbons (Fsp3) is 1.00. The molecule has 3 fully saturated rings. The van der Waals surface area contributed by atoms with E-state index in [0.717, 1.165) is 6.04 Å². The molecular weight excluding hydrogens is 200 g/mol. The highest BCUT2D eigenvalue weighted by atomic mass is 16.5. The van der Waals surface area contributed by atoms with Gasteiger partial charge in [-0.3, -0.25) is 4.90 Å². The molecule has 1 N–H and O–H groups in total. The predicted molar refractivity (Wildman–Crippen MR) is 64.6 cm³/mol. The standard InChI is InChI=1S/C13H24N2O/c1-2-10-9-15(7-3-6-14-10)12-8-11-4-5-13(12)16-11/h10-14H,2-9H2,1H3. The van der Waals surface area contributed by atoms with Crippen molar-refractivity contribution in [2.75, 3.05) is 19.6 Å². The number of fused-ring (bicyclic) bond motifs is 2. The first kappa shape index (κ1) is 11.0. The minimum Gasteiger partial charge on any atom is -0.373 e. The molecule has 0 radical (unpaired) electrons. The summed E-state index contributed by atoms with van der Waals surface area (Å²) in [4.78, 5) is 2.71. The SMILES string of the molecule is CCC1CN(C2CC3CCC2O3)CCCN1. The van der Waals surface area contributed by atoms with Gasteiger partial charge in [-0.2, -0.15) is 0 Å². The zero-order valence-electron chi connectivity index (χ0n) is 10.3. The molecule has 0 aliphatic carbocycles. The zero-order chi connectivity index (χ0) is 11.0. The molecule has 0 spiro atoms. The summed E-state index contributed by atoms with van der Waals surface area (Å²) in [5, 5.41) is 3.65. The average molecular weight is 224 g/mol. The lowest BCUT2D eigenvalue weighted by Gasteiger charge is -2.33. The second-order valence-corrected chi connectivity index (χ2v) is 5.58. The molecule has 0 aromatic rings. The Balaban J connectivity index is 1.64. The third-order valence-corrected chi connectivity index (χ3v) is 4.55. The van der Waals surface area contributed by atoms with Crippen molar-refractivity contribution in [2.45, 2.75) is 63.3 Å². The van der Waals surface area contributed by atoms with Crippen molar-refractivity contribution in [2.24, 2.45) is 0 Å². The highest BCUT2D eigenvalue weighted by Crippen LogP contribution is 2.37. The van der Waals surface area contributed by atoms with Crippen LogP contribution in [0.2, 0.25) is 0 Å². The normalized spacial score (nSPS) is 44.8. The molecule has 3 aliphatic heterocycles. The van der Waals surface area contributed by atoms with E-state index < -0.39 is 0 Å². The van der Waals surface area contributed by atoms with Crippen molar-refractivity contribution >= 4 is 0 Å². The van der Waals surface area contributed by atoms with Crippen molar-refractivity contribution in [3.8, 4) is 0 Å². The van der Waals surface area contributed by atoms with Crippen LogP contribution in [0.5, 0.6) is 0 Å². The Morgan fingerprint density at radius 2 is 2.31 bits per heavy atom. The fourth-order valence-corrected chi connectivity index (χ4v) is 3.60. The van der Waals surface area contributed by atoms with Gasteiger partial charge in [0.2, 0.25) is 0 Å². The van der Waals surface area contributed by atoms with E-state index in [1.165, 1.54) is 51.7 Å². The van der Waals surface area contributed by atoms with Crippen LogP contribution >= 0.6 is 0 Å². The summed E-state index contributed by atoms with van der Waals surface area (Å²) in [5.41, 5.74) is 0. The van der Waals surface area contributed by atoms with Crippen LogP contribution in [-0.4, -0.2) is 48.8 Å². The number of nitrogens with one attached hydrogen (secondary N) is 1. The van der Waals surface area contributed by atoms with Gasteiger partial charge in [-0.25, -0.2) is 0 Å². The lowest BCUT2D eigenvalue weighted by molar-refractivity contribution is 0.0691. The Labute approximate surface area is 98.5 Å². The molecule has 3 saturated heterocycles. The smallest absolute Gasteiger partial charge is 0.0735 e. The van der Waals surface area contributed by atoms with Gasteiger partial charge in [-0.05, 0) is 45.2 Å². The maximum atomic E-state index is 5.99. The van der Waals surface area contributed by atoms with E-state index in [1.807, 2.05) is 0 Å². The monoisotopic (exact) mass is 224 g/mol. The summed E-state index contributed by atoms with van der Waals surface area (Å²) in [5.74, 6) is 0. The molecule has 3 aliphatic rings. The minimum atomic E-state index is 0.556. The number of ether oxygens (including phenoxy) is 1. The Morgan fingerprint density at radius 3 is 3.00 bits per heavy atom. The number of nitrogens with zero attached hydrogens (tertiary/aromatic N) is 1. The molecule has 2 bridgehead atoms. The molecular formula is C13H24N2O. The highest BCUT2D eigenvalue weighted by Gasteiger charge is 2.43. The molecule has 3 nitrogen and oxygen atoms in total. The second kappa shape index (κ2) is 4.63. The zero-order valence-corrected chi connectivity index (χ0v) is 10.3. The van der Waals surface area contributed by atoms with Crippen molar-refractivity contribution in [1.82, 2.24) is 10.2 Å². The molecule has 3 rings (SSSR count). The van der Waals surface area contributed by atoms with Gasteiger partial charge in [0.05, 0.1) is 12.2 Å². The van der Waals surface area contributed by atoms with E-state index in [9.17, 15) is 0 Å². The molecule has 92 valence electrons. The van der Waals surface area contributed by atoms with E-state index in [4.69, 9.17) is 4.74 Å². The van der Waals surface area contributed by atoms with E-state index in [-0.39, 0.29) is 0 Å². The van der Waals surface area contributed by atoms with Crippen molar-refractivity contribution in [1.29, 1.82) is 0 Å². The lowest BCUT2D eigenvalue weighted by Crippen LogP contribution is -2.46. The number of hydrogen-bond acceptors (Lipinski definition) is 3. The van der Waals surface area contributed by atoms with Gasteiger partial charge in [-0.15, -0.1) is 0 Å². The van der Waals surface area contributed by atoms with Crippen LogP contribution in [0.3, 0.4) is 0 Å². The van der Waals surface area contributed by atoms with Crippen LogP contribution < -0.4 is 5.32 Å². The Morgan fingerprint density at radius 1 is 1.38 bits per heavy atom. The van der Waals surface area contributed by atoms with Crippen molar-refractivity contribution in [3.63, 3.8) is 0 Å². The first-order chi connectivity index (χ1) is 7.86. The molecule has 0 saturated carbocycles. The average Bonchev–Trinajstić information content (AvgIpc) is 2.85. The summed E-state index contributed by atoms with van der Waals surface area (Å²) in [6, 6.07) is 1.43. The van der Waals surface area contributed by atoms with Gasteiger partial charge >= 0.3 is 0 Å². The predicted octanol–water partition coefficient (Wildman–Crippen LogP) is 1.38. The second-order valence-electron chi connectivity index (χ2n) is 5.58. The van der Waals surface area contributed by atoms with Crippen molar-refractivity contribution in [3.05, 3.63) is 0 Å². The van der Waals surface area contributed by atoms with Gasteiger partial charge in [0.25, 0.3) is 0 Å². The van der Waals surface area contributed by atoms with Crippen LogP contribution in [0.15, 0.2) is 0 Å². The van der Waals surface area contributed by atoms with Crippen LogP contribution in [0.1, 0.15) is 39.0 Å². The summed E-state index contributed by atoms with van der Waals surface area (Å²) in [6.45, 7) is 5.98. The summed E-state index contributed by atoms with van der Waals surface area (Å²) < 4.78 is 5.99.